The Hall–Kier alpha value is -2.10. The molecule has 1 aromatic carbocycles. The molecule has 0 aliphatic rings. The number of Topliss-reactive ketones (excluding diaryl/α,β-unsaturated/α-hetero) is 1. The van der Waals surface area contributed by atoms with E-state index in [0.29, 0.717) is 6.26 Å². The third kappa shape index (κ3) is 3.32. The predicted octanol–water partition coefficient (Wildman–Crippen LogP) is 1.43. The summed E-state index contributed by atoms with van der Waals surface area (Å²) in [6.07, 6.45) is 0.488. The SMILES string of the molecule is COC(=O)c1c(OS(C)(=O)=O)c(F)c(F)c(F)c1C(C)=O. The first-order chi connectivity index (χ1) is 9.51. The molecule has 116 valence electrons. The quantitative estimate of drug-likeness (QED) is 0.360. The van der Waals surface area contributed by atoms with Crippen molar-refractivity contribution in [1.82, 2.24) is 0 Å². The van der Waals surface area contributed by atoms with Gasteiger partial charge in [-0.05, 0) is 6.92 Å². The lowest BCUT2D eigenvalue weighted by Crippen LogP contribution is -2.19. The number of halogens is 3. The number of ether oxygens (including phenoxy) is 1. The minimum Gasteiger partial charge on any atom is -0.465 e. The molecular weight excluding hydrogens is 317 g/mol. The lowest BCUT2D eigenvalue weighted by molar-refractivity contribution is 0.0593. The van der Waals surface area contributed by atoms with Crippen LogP contribution in [-0.2, 0) is 14.9 Å². The van der Waals surface area contributed by atoms with E-state index in [2.05, 4.69) is 8.92 Å². The van der Waals surface area contributed by atoms with E-state index in [1.54, 1.807) is 0 Å². The van der Waals surface area contributed by atoms with Crippen molar-refractivity contribution in [2.45, 2.75) is 6.92 Å². The molecule has 0 radical (unpaired) electrons. The Kier molecular flexibility index (Phi) is 4.62. The number of methoxy groups -OCH3 is 1. The zero-order valence-corrected chi connectivity index (χ0v) is 11.8. The summed E-state index contributed by atoms with van der Waals surface area (Å²) in [5, 5.41) is 0. The summed E-state index contributed by atoms with van der Waals surface area (Å²) in [6, 6.07) is 0. The Morgan fingerprint density at radius 2 is 1.52 bits per heavy atom. The van der Waals surface area contributed by atoms with Crippen molar-refractivity contribution in [2.24, 2.45) is 0 Å². The van der Waals surface area contributed by atoms with E-state index < -0.39 is 56.2 Å². The van der Waals surface area contributed by atoms with E-state index in [-0.39, 0.29) is 0 Å². The minimum absolute atomic E-state index is 0.488. The summed E-state index contributed by atoms with van der Waals surface area (Å²) in [7, 11) is -3.57. The highest BCUT2D eigenvalue weighted by molar-refractivity contribution is 7.86. The molecule has 1 rings (SSSR count). The van der Waals surface area contributed by atoms with Gasteiger partial charge in [0.2, 0.25) is 5.82 Å². The zero-order chi connectivity index (χ0) is 16.5. The molecule has 0 bridgehead atoms. The number of hydrogen-bond acceptors (Lipinski definition) is 6. The molecule has 0 N–H and O–H groups in total. The van der Waals surface area contributed by atoms with Crippen LogP contribution < -0.4 is 4.18 Å². The molecule has 0 spiro atoms. The Morgan fingerprint density at radius 1 is 1.00 bits per heavy atom. The summed E-state index contributed by atoms with van der Waals surface area (Å²) in [4.78, 5) is 22.9. The zero-order valence-electron chi connectivity index (χ0n) is 11.0. The fourth-order valence-corrected chi connectivity index (χ4v) is 1.96. The highest BCUT2D eigenvalue weighted by Gasteiger charge is 2.34. The van der Waals surface area contributed by atoms with Crippen molar-refractivity contribution in [2.75, 3.05) is 13.4 Å². The molecule has 0 fully saturated rings. The van der Waals surface area contributed by atoms with E-state index in [1.807, 2.05) is 0 Å². The fraction of sp³-hybridized carbons (Fsp3) is 0.273. The molecule has 10 heteroatoms. The number of hydrogen-bond donors (Lipinski definition) is 0. The van der Waals surface area contributed by atoms with Crippen LogP contribution in [0, 0.1) is 17.5 Å². The van der Waals surface area contributed by atoms with Gasteiger partial charge in [0, 0.05) is 0 Å². The van der Waals surface area contributed by atoms with Crippen molar-refractivity contribution in [1.29, 1.82) is 0 Å². The lowest BCUT2D eigenvalue weighted by atomic mass is 10.0. The summed E-state index contributed by atoms with van der Waals surface area (Å²) < 4.78 is 71.2. The minimum atomic E-state index is -4.38. The monoisotopic (exact) mass is 326 g/mol. The Balaban J connectivity index is 3.91. The Bertz CT molecular complexity index is 726. The van der Waals surface area contributed by atoms with E-state index in [4.69, 9.17) is 0 Å². The third-order valence-electron chi connectivity index (χ3n) is 2.26. The van der Waals surface area contributed by atoms with Crippen LogP contribution in [0.1, 0.15) is 27.6 Å². The molecule has 0 aliphatic carbocycles. The lowest BCUT2D eigenvalue weighted by Gasteiger charge is -2.14. The molecule has 21 heavy (non-hydrogen) atoms. The highest BCUT2D eigenvalue weighted by Crippen LogP contribution is 2.33. The van der Waals surface area contributed by atoms with Gasteiger partial charge in [-0.3, -0.25) is 4.79 Å². The molecule has 0 aliphatic heterocycles. The van der Waals surface area contributed by atoms with Crippen LogP contribution in [0.4, 0.5) is 13.2 Å². The van der Waals surface area contributed by atoms with Gasteiger partial charge in [0.05, 0.1) is 18.9 Å². The second kappa shape index (κ2) is 5.72. The maximum atomic E-state index is 13.7. The van der Waals surface area contributed by atoms with E-state index in [9.17, 15) is 31.2 Å². The van der Waals surface area contributed by atoms with Crippen molar-refractivity contribution in [3.8, 4) is 5.75 Å². The second-order valence-electron chi connectivity index (χ2n) is 3.86. The van der Waals surface area contributed by atoms with E-state index in [1.165, 1.54) is 0 Å². The standard InChI is InChI=1S/C11H9F3O6S/c1-4(15)5-6(11(16)19-2)10(20-21(3,17)18)9(14)8(13)7(5)12/h1-3H3. The first kappa shape index (κ1) is 17.0. The second-order valence-corrected chi connectivity index (χ2v) is 5.43. The summed E-state index contributed by atoms with van der Waals surface area (Å²) in [6.45, 7) is 0.770. The summed E-state index contributed by atoms with van der Waals surface area (Å²) in [5.74, 6) is -10.2. The average molecular weight is 326 g/mol. The molecule has 1 aromatic rings. The van der Waals surface area contributed by atoms with Gasteiger partial charge in [-0.1, -0.05) is 0 Å². The molecule has 0 amide bonds. The molecule has 0 atom stereocenters. The molecule has 0 saturated carbocycles. The number of carbonyl (C=O) groups excluding carboxylic acids is 2. The van der Waals surface area contributed by atoms with Gasteiger partial charge in [-0.2, -0.15) is 12.8 Å². The number of ketones is 1. The van der Waals surface area contributed by atoms with E-state index in [0.717, 1.165) is 14.0 Å². The Labute approximate surface area is 117 Å². The predicted molar refractivity (Wildman–Crippen MR) is 63.1 cm³/mol. The number of esters is 1. The normalized spacial score (nSPS) is 11.1. The van der Waals surface area contributed by atoms with Gasteiger partial charge in [0.25, 0.3) is 0 Å². The van der Waals surface area contributed by atoms with Gasteiger partial charge in [-0.25, -0.2) is 13.6 Å². The van der Waals surface area contributed by atoms with E-state index >= 15 is 0 Å². The number of benzene rings is 1. The first-order valence-corrected chi connectivity index (χ1v) is 7.02. The maximum absolute atomic E-state index is 13.7. The Morgan fingerprint density at radius 3 is 1.90 bits per heavy atom. The fourth-order valence-electron chi connectivity index (χ4n) is 1.50. The smallest absolute Gasteiger partial charge is 0.342 e. The van der Waals surface area contributed by atoms with Crippen molar-refractivity contribution >= 4 is 21.9 Å². The maximum Gasteiger partial charge on any atom is 0.342 e. The van der Waals surface area contributed by atoms with Gasteiger partial charge in [0.1, 0.15) is 5.56 Å². The number of rotatable bonds is 4. The molecular formula is C11H9F3O6S. The van der Waals surface area contributed by atoms with Gasteiger partial charge < -0.3 is 8.92 Å². The van der Waals surface area contributed by atoms with Crippen molar-refractivity contribution < 1.29 is 40.1 Å². The van der Waals surface area contributed by atoms with Crippen molar-refractivity contribution in [3.05, 3.63) is 28.6 Å². The summed E-state index contributed by atoms with van der Waals surface area (Å²) >= 11 is 0. The molecule has 0 unspecified atom stereocenters. The van der Waals surface area contributed by atoms with Crippen LogP contribution in [0.5, 0.6) is 5.75 Å². The highest BCUT2D eigenvalue weighted by atomic mass is 32.2. The molecule has 0 saturated heterocycles. The van der Waals surface area contributed by atoms with Crippen LogP contribution >= 0.6 is 0 Å². The van der Waals surface area contributed by atoms with Crippen molar-refractivity contribution in [3.63, 3.8) is 0 Å². The van der Waals surface area contributed by atoms with Crippen LogP contribution in [0.3, 0.4) is 0 Å². The van der Waals surface area contributed by atoms with Crippen LogP contribution in [0.25, 0.3) is 0 Å². The first-order valence-electron chi connectivity index (χ1n) is 5.20. The topological polar surface area (TPSA) is 86.7 Å². The molecule has 0 aromatic heterocycles. The van der Waals surface area contributed by atoms with Gasteiger partial charge in [0.15, 0.2) is 23.2 Å². The van der Waals surface area contributed by atoms with Crippen LogP contribution in [0.2, 0.25) is 0 Å². The largest absolute Gasteiger partial charge is 0.465 e. The van der Waals surface area contributed by atoms with Gasteiger partial charge in [-0.15, -0.1) is 0 Å². The van der Waals surface area contributed by atoms with Crippen LogP contribution in [-0.4, -0.2) is 33.5 Å². The van der Waals surface area contributed by atoms with Crippen LogP contribution in [0.15, 0.2) is 0 Å². The van der Waals surface area contributed by atoms with Gasteiger partial charge >= 0.3 is 16.1 Å². The number of carbonyl (C=O) groups is 2. The molecule has 0 heterocycles. The molecule has 6 nitrogen and oxygen atoms in total. The summed E-state index contributed by atoms with van der Waals surface area (Å²) in [5.41, 5.74) is -2.31. The third-order valence-corrected chi connectivity index (χ3v) is 2.73. The average Bonchev–Trinajstić information content (AvgIpc) is 2.36.